The Morgan fingerprint density at radius 3 is 2.35 bits per heavy atom. The zero-order valence-electron chi connectivity index (χ0n) is 30.2. The zero-order chi connectivity index (χ0) is 36.8. The first kappa shape index (κ1) is 36.8. The number of fused-ring (bicyclic) bond motifs is 1. The number of hydrogen-bond acceptors (Lipinski definition) is 8. The van der Waals surface area contributed by atoms with Gasteiger partial charge >= 0.3 is 0 Å². The molecule has 1 fully saturated rings. The number of nitrogens with one attached hydrogen (secondary N) is 1. The number of nitrogens with two attached hydrogens (primary N) is 1. The van der Waals surface area contributed by atoms with Crippen LogP contribution in [0.2, 0.25) is 0 Å². The van der Waals surface area contributed by atoms with Crippen molar-refractivity contribution in [1.82, 2.24) is 24.7 Å². The predicted molar refractivity (Wildman–Crippen MR) is 197 cm³/mol. The Bertz CT molecular complexity index is 1930. The second kappa shape index (κ2) is 16.1. The predicted octanol–water partition coefficient (Wildman–Crippen LogP) is 4.34. The molecule has 0 atom stereocenters. The summed E-state index contributed by atoms with van der Waals surface area (Å²) in [5, 5.41) is 0. The molecule has 3 N–H and O–H groups in total. The third-order valence-corrected chi connectivity index (χ3v) is 9.18. The molecule has 0 bridgehead atoms. The molecule has 3 aromatic carbocycles. The number of amides is 4. The average Bonchev–Trinajstić information content (AvgIpc) is 3.56. The van der Waals surface area contributed by atoms with Gasteiger partial charge in [0.2, 0.25) is 5.91 Å². The summed E-state index contributed by atoms with van der Waals surface area (Å²) >= 11 is 0. The molecule has 13 heteroatoms. The third-order valence-electron chi connectivity index (χ3n) is 9.18. The molecule has 270 valence electrons. The number of methoxy groups -OCH3 is 1. The number of likely N-dealkylation sites (N-methyl/N-ethyl adjacent to an activating group) is 1. The van der Waals surface area contributed by atoms with E-state index < -0.39 is 11.8 Å². The van der Waals surface area contributed by atoms with Crippen LogP contribution >= 0.6 is 0 Å². The van der Waals surface area contributed by atoms with Crippen molar-refractivity contribution >= 4 is 40.3 Å². The highest BCUT2D eigenvalue weighted by atomic mass is 16.5. The lowest BCUT2D eigenvalue weighted by Crippen LogP contribution is -2.47. The first-order chi connectivity index (χ1) is 24.4. The van der Waals surface area contributed by atoms with E-state index in [0.29, 0.717) is 46.6 Å². The number of piperazine rings is 1. The molecule has 1 aliphatic heterocycles. The van der Waals surface area contributed by atoms with Gasteiger partial charge in [0.25, 0.3) is 17.7 Å². The summed E-state index contributed by atoms with van der Waals surface area (Å²) in [6.45, 7) is 5.72. The van der Waals surface area contributed by atoms with Crippen molar-refractivity contribution in [2.45, 2.75) is 32.6 Å². The van der Waals surface area contributed by atoms with Crippen molar-refractivity contribution in [1.29, 1.82) is 0 Å². The Kier molecular flexibility index (Phi) is 11.6. The largest absolute Gasteiger partial charge is 0.495 e. The van der Waals surface area contributed by atoms with Crippen LogP contribution in [0.4, 0.5) is 5.69 Å². The van der Waals surface area contributed by atoms with Gasteiger partial charge in [-0.25, -0.2) is 4.98 Å². The lowest BCUT2D eigenvalue weighted by atomic mass is 9.95. The number of H-pyrrole nitrogens is 1. The monoisotopic (exact) mass is 697 g/mol. The Hall–Kier alpha value is -5.43. The number of aryl methyl sites for hydroxylation is 1. The zero-order valence-corrected chi connectivity index (χ0v) is 30.2. The van der Waals surface area contributed by atoms with Crippen molar-refractivity contribution in [2.24, 2.45) is 5.73 Å². The molecule has 51 heavy (non-hydrogen) atoms. The summed E-state index contributed by atoms with van der Waals surface area (Å²) in [4.78, 5) is 67.0. The lowest BCUT2D eigenvalue weighted by Gasteiger charge is -2.32. The van der Waals surface area contributed by atoms with Gasteiger partial charge in [0.15, 0.2) is 5.82 Å². The number of anilines is 1. The number of imidazole rings is 1. The number of unbranched alkanes of at least 4 members (excludes halogenated alkanes) is 2. The SMILES string of the molecule is COc1c(-c2cccc3[nH]c(C(=O)N(C)C)nc23)ccc(C(=O)N(C)c2ccc(C)cc2OCCCCCC(=O)N2CCN(C)CC2)c1C(N)=O. The number of ether oxygens (including phenoxy) is 2. The van der Waals surface area contributed by atoms with Gasteiger partial charge in [0.1, 0.15) is 11.5 Å². The number of aromatic amines is 1. The number of carbonyl (C=O) groups is 4. The first-order valence-corrected chi connectivity index (χ1v) is 17.1. The molecule has 0 saturated carbocycles. The molecule has 1 aromatic heterocycles. The molecule has 4 amide bonds. The Morgan fingerprint density at radius 2 is 1.67 bits per heavy atom. The molecule has 13 nitrogen and oxygen atoms in total. The molecule has 1 aliphatic rings. The van der Waals surface area contributed by atoms with Crippen LogP contribution in [0.15, 0.2) is 48.5 Å². The summed E-state index contributed by atoms with van der Waals surface area (Å²) in [6, 6.07) is 14.2. The average molecular weight is 698 g/mol. The number of benzene rings is 3. The minimum absolute atomic E-state index is 0.0554. The highest BCUT2D eigenvalue weighted by Crippen LogP contribution is 2.39. The van der Waals surface area contributed by atoms with Gasteiger partial charge in [-0.3, -0.25) is 19.2 Å². The molecule has 0 unspecified atom stereocenters. The first-order valence-electron chi connectivity index (χ1n) is 17.1. The van der Waals surface area contributed by atoms with Gasteiger partial charge in [-0.1, -0.05) is 18.2 Å². The molecular formula is C38H47N7O6. The Balaban J connectivity index is 1.34. The van der Waals surface area contributed by atoms with Crippen LogP contribution < -0.4 is 20.1 Å². The molecule has 0 spiro atoms. The number of para-hydroxylation sites is 1. The van der Waals surface area contributed by atoms with E-state index in [4.69, 9.17) is 15.2 Å². The van der Waals surface area contributed by atoms with Crippen molar-refractivity contribution in [3.63, 3.8) is 0 Å². The van der Waals surface area contributed by atoms with Crippen LogP contribution in [0.3, 0.4) is 0 Å². The van der Waals surface area contributed by atoms with Gasteiger partial charge in [-0.05, 0) is 69.1 Å². The Morgan fingerprint density at radius 1 is 0.922 bits per heavy atom. The summed E-state index contributed by atoms with van der Waals surface area (Å²) in [6.07, 6.45) is 2.89. The van der Waals surface area contributed by atoms with E-state index in [1.807, 2.05) is 24.0 Å². The van der Waals surface area contributed by atoms with Gasteiger partial charge in [0.05, 0.1) is 41.6 Å². The van der Waals surface area contributed by atoms with Crippen molar-refractivity contribution in [3.05, 3.63) is 71.0 Å². The fraction of sp³-hybridized carbons (Fsp3) is 0.395. The van der Waals surface area contributed by atoms with Crippen LogP contribution in [0.1, 0.15) is 62.6 Å². The van der Waals surface area contributed by atoms with E-state index in [9.17, 15) is 19.2 Å². The highest BCUT2D eigenvalue weighted by molar-refractivity contribution is 6.15. The van der Waals surface area contributed by atoms with Crippen molar-refractivity contribution < 1.29 is 28.7 Å². The maximum absolute atomic E-state index is 14.1. The summed E-state index contributed by atoms with van der Waals surface area (Å²) in [7, 11) is 8.37. The van der Waals surface area contributed by atoms with Crippen molar-refractivity contribution in [2.75, 3.05) is 73.0 Å². The fourth-order valence-corrected chi connectivity index (χ4v) is 6.25. The molecule has 0 aliphatic carbocycles. The second-order valence-electron chi connectivity index (χ2n) is 13.1. The van der Waals surface area contributed by atoms with E-state index in [1.54, 1.807) is 57.5 Å². The van der Waals surface area contributed by atoms with E-state index in [0.717, 1.165) is 51.0 Å². The van der Waals surface area contributed by atoms with Gasteiger partial charge in [0, 0.05) is 64.9 Å². The van der Waals surface area contributed by atoms with E-state index in [2.05, 4.69) is 21.9 Å². The topological polar surface area (TPSA) is 154 Å². The van der Waals surface area contributed by atoms with Crippen LogP contribution in [-0.4, -0.2) is 116 Å². The van der Waals surface area contributed by atoms with Crippen LogP contribution in [-0.2, 0) is 4.79 Å². The van der Waals surface area contributed by atoms with E-state index in [-0.39, 0.29) is 34.5 Å². The highest BCUT2D eigenvalue weighted by Gasteiger charge is 2.28. The molecule has 0 radical (unpaired) electrons. The molecular weight excluding hydrogens is 650 g/mol. The van der Waals surface area contributed by atoms with Crippen LogP contribution in [0.5, 0.6) is 11.5 Å². The molecule has 2 heterocycles. The molecule has 4 aromatic rings. The van der Waals surface area contributed by atoms with Gasteiger partial charge in [-0.2, -0.15) is 0 Å². The van der Waals surface area contributed by atoms with Crippen LogP contribution in [0.25, 0.3) is 22.2 Å². The number of carbonyl (C=O) groups excluding carboxylic acids is 4. The normalized spacial score (nSPS) is 13.3. The Labute approximate surface area is 298 Å². The van der Waals surface area contributed by atoms with E-state index >= 15 is 0 Å². The number of nitrogens with zero attached hydrogens (tertiary/aromatic N) is 5. The summed E-state index contributed by atoms with van der Waals surface area (Å²) in [5.74, 6) is -0.609. The van der Waals surface area contributed by atoms with E-state index in [1.165, 1.54) is 16.9 Å². The van der Waals surface area contributed by atoms with Gasteiger partial charge in [-0.15, -0.1) is 0 Å². The standard InChI is InChI=1S/C38H47N7O6/c1-24-14-17-29(30(23-24)51-22-9-7-8-13-31(46)45-20-18-43(4)19-21-45)44(5)37(48)27-16-15-26(34(50-6)32(27)35(39)47)25-11-10-12-28-33(25)41-36(40-28)38(49)42(2)3/h10-12,14-17,23H,7-9,13,18-22H2,1-6H3,(H2,39,47)(H,40,41). The third kappa shape index (κ3) is 8.15. The quantitative estimate of drug-likeness (QED) is 0.196. The van der Waals surface area contributed by atoms with Gasteiger partial charge < -0.3 is 39.8 Å². The lowest BCUT2D eigenvalue weighted by molar-refractivity contribution is -0.132. The summed E-state index contributed by atoms with van der Waals surface area (Å²) < 4.78 is 11.9. The maximum Gasteiger partial charge on any atom is 0.289 e. The second-order valence-corrected chi connectivity index (χ2v) is 13.1. The number of aromatic nitrogens is 2. The number of primary amides is 1. The number of hydrogen-bond donors (Lipinski definition) is 2. The summed E-state index contributed by atoms with van der Waals surface area (Å²) in [5.41, 5.74) is 9.55. The maximum atomic E-state index is 14.1. The molecule has 1 saturated heterocycles. The minimum atomic E-state index is -0.838. The van der Waals surface area contributed by atoms with Crippen molar-refractivity contribution in [3.8, 4) is 22.6 Å². The number of rotatable bonds is 13. The minimum Gasteiger partial charge on any atom is -0.495 e. The smallest absolute Gasteiger partial charge is 0.289 e. The van der Waals surface area contributed by atoms with Crippen LogP contribution in [0, 0.1) is 6.92 Å². The molecule has 5 rings (SSSR count). The fourth-order valence-electron chi connectivity index (χ4n) is 6.25.